The molecule has 0 aromatic carbocycles. The molecule has 138 valence electrons. The molecule has 2 aromatic heterocycles. The summed E-state index contributed by atoms with van der Waals surface area (Å²) in [6, 6.07) is 3.99. The number of likely N-dealkylation sites (N-methyl/N-ethyl adjacent to an activating group) is 1. The van der Waals surface area contributed by atoms with Crippen LogP contribution in [0.1, 0.15) is 17.7 Å². The Morgan fingerprint density at radius 1 is 1.33 bits per heavy atom. The van der Waals surface area contributed by atoms with Gasteiger partial charge >= 0.3 is 0 Å². The topological polar surface area (TPSA) is 50.0 Å². The molecule has 0 aliphatic carbocycles. The summed E-state index contributed by atoms with van der Waals surface area (Å²) in [5.74, 6) is 0. The molecule has 2 aromatic rings. The lowest BCUT2D eigenvalue weighted by molar-refractivity contribution is -0.104. The third kappa shape index (κ3) is 4.77. The van der Waals surface area contributed by atoms with Gasteiger partial charge in [-0.1, -0.05) is 18.7 Å². The van der Waals surface area contributed by atoms with Crippen LogP contribution < -0.4 is 0 Å². The molecule has 0 saturated heterocycles. The number of aldehydes is 1. The van der Waals surface area contributed by atoms with Crippen LogP contribution >= 0.6 is 0 Å². The molecule has 5 nitrogen and oxygen atoms in total. The normalized spacial score (nSPS) is 16.4. The summed E-state index contributed by atoms with van der Waals surface area (Å²) in [5, 5.41) is 0. The summed E-state index contributed by atoms with van der Waals surface area (Å²) in [6.45, 7) is 7.95. The van der Waals surface area contributed by atoms with Crippen molar-refractivity contribution in [2.75, 3.05) is 20.1 Å². The van der Waals surface area contributed by atoms with Crippen molar-refractivity contribution >= 4 is 23.7 Å². The number of carbonyl (C=O) groups excluding carboxylic acids is 1. The zero-order chi connectivity index (χ0) is 19.2. The van der Waals surface area contributed by atoms with E-state index in [4.69, 9.17) is 0 Å². The number of aliphatic imine (C=N–C) groups is 1. The maximum Gasteiger partial charge on any atom is 0.144 e. The van der Waals surface area contributed by atoms with Crippen LogP contribution in [0, 0.1) is 6.92 Å². The van der Waals surface area contributed by atoms with Gasteiger partial charge in [-0.25, -0.2) is 4.98 Å². The van der Waals surface area contributed by atoms with E-state index >= 15 is 0 Å². The number of nitrogens with zero attached hydrogens (tertiary/aromatic N) is 4. The smallest absolute Gasteiger partial charge is 0.144 e. The highest BCUT2D eigenvalue weighted by Gasteiger charge is 2.10. The third-order valence-corrected chi connectivity index (χ3v) is 4.51. The quantitative estimate of drug-likeness (QED) is 0.342. The first-order valence-corrected chi connectivity index (χ1v) is 8.95. The van der Waals surface area contributed by atoms with Crippen LogP contribution in [0.25, 0.3) is 11.2 Å². The number of aromatic nitrogens is 2. The molecule has 1 aliphatic heterocycles. The summed E-state index contributed by atoms with van der Waals surface area (Å²) in [5.41, 5.74) is 5.65. The zero-order valence-corrected chi connectivity index (χ0v) is 15.8. The van der Waals surface area contributed by atoms with E-state index in [0.717, 1.165) is 59.5 Å². The number of hydrogen-bond donors (Lipinski definition) is 0. The fourth-order valence-electron chi connectivity index (χ4n) is 2.99. The molecule has 27 heavy (non-hydrogen) atoms. The van der Waals surface area contributed by atoms with Crippen molar-refractivity contribution < 1.29 is 4.79 Å². The first-order valence-electron chi connectivity index (χ1n) is 8.95. The van der Waals surface area contributed by atoms with Crippen LogP contribution in [0.2, 0.25) is 0 Å². The number of hydrogen-bond acceptors (Lipinski definition) is 4. The summed E-state index contributed by atoms with van der Waals surface area (Å²) in [6.07, 6.45) is 14.8. The molecule has 0 bridgehead atoms. The maximum absolute atomic E-state index is 10.9. The number of carbonyl (C=O) groups is 1. The van der Waals surface area contributed by atoms with Crippen molar-refractivity contribution in [2.24, 2.45) is 4.99 Å². The molecule has 3 heterocycles. The van der Waals surface area contributed by atoms with Crippen LogP contribution in [-0.4, -0.2) is 46.9 Å². The molecule has 0 amide bonds. The average molecular weight is 360 g/mol. The van der Waals surface area contributed by atoms with Crippen LogP contribution in [0.4, 0.5) is 0 Å². The highest BCUT2D eigenvalue weighted by atomic mass is 16.1. The van der Waals surface area contributed by atoms with Gasteiger partial charge in [0.15, 0.2) is 0 Å². The number of pyridine rings is 1. The van der Waals surface area contributed by atoms with Gasteiger partial charge in [0.1, 0.15) is 11.9 Å². The highest BCUT2D eigenvalue weighted by Crippen LogP contribution is 2.19. The summed E-state index contributed by atoms with van der Waals surface area (Å²) in [7, 11) is 2.08. The predicted molar refractivity (Wildman–Crippen MR) is 111 cm³/mol. The minimum Gasteiger partial charge on any atom is -0.306 e. The number of imidazole rings is 1. The van der Waals surface area contributed by atoms with Crippen molar-refractivity contribution in [3.8, 4) is 0 Å². The minimum atomic E-state index is 0.726. The Balaban J connectivity index is 1.69. The van der Waals surface area contributed by atoms with E-state index in [1.807, 2.05) is 48.0 Å². The summed E-state index contributed by atoms with van der Waals surface area (Å²) < 4.78 is 2.00. The van der Waals surface area contributed by atoms with E-state index in [1.54, 1.807) is 6.21 Å². The predicted octanol–water partition coefficient (Wildman–Crippen LogP) is 3.63. The van der Waals surface area contributed by atoms with Gasteiger partial charge < -0.3 is 9.30 Å². The van der Waals surface area contributed by atoms with E-state index in [0.29, 0.717) is 0 Å². The molecule has 5 heteroatoms. The fourth-order valence-corrected chi connectivity index (χ4v) is 2.99. The van der Waals surface area contributed by atoms with Crippen molar-refractivity contribution in [1.29, 1.82) is 0 Å². The molecular formula is C22H24N4O. The Hall–Kier alpha value is -3.05. The largest absolute Gasteiger partial charge is 0.306 e. The maximum atomic E-state index is 10.9. The Kier molecular flexibility index (Phi) is 5.94. The van der Waals surface area contributed by atoms with Crippen molar-refractivity contribution in [2.45, 2.75) is 13.3 Å². The lowest BCUT2D eigenvalue weighted by Gasteiger charge is -2.21. The molecule has 0 saturated carbocycles. The number of rotatable bonds is 6. The van der Waals surface area contributed by atoms with E-state index in [1.165, 1.54) is 6.08 Å². The molecule has 3 rings (SSSR count). The first kappa shape index (κ1) is 18.7. The monoisotopic (exact) mass is 360 g/mol. The number of allylic oxidation sites excluding steroid dienone is 5. The van der Waals surface area contributed by atoms with Crippen LogP contribution in [0.3, 0.4) is 0 Å². The Labute approximate surface area is 159 Å². The average Bonchev–Trinajstić information content (AvgIpc) is 3.04. The number of fused-ring (bicyclic) bond motifs is 1. The Morgan fingerprint density at radius 2 is 2.19 bits per heavy atom. The molecule has 0 N–H and O–H groups in total. The van der Waals surface area contributed by atoms with Gasteiger partial charge in [-0.15, -0.1) is 0 Å². The van der Waals surface area contributed by atoms with Gasteiger partial charge in [0.25, 0.3) is 0 Å². The van der Waals surface area contributed by atoms with Gasteiger partial charge in [-0.05, 0) is 55.3 Å². The van der Waals surface area contributed by atoms with E-state index in [9.17, 15) is 4.79 Å². The molecule has 0 atom stereocenters. The van der Waals surface area contributed by atoms with Crippen LogP contribution in [0.5, 0.6) is 0 Å². The Bertz CT molecular complexity index is 975. The lowest BCUT2D eigenvalue weighted by Crippen LogP contribution is -2.24. The van der Waals surface area contributed by atoms with E-state index < -0.39 is 0 Å². The second-order valence-corrected chi connectivity index (χ2v) is 6.66. The van der Waals surface area contributed by atoms with E-state index in [-0.39, 0.29) is 0 Å². The SMILES string of the molecule is C=C(\C=C/C=N\C(=C/C=O)C1=CCN(C)CC1)c1ccc2nc(C)cn2c1. The van der Waals surface area contributed by atoms with Gasteiger partial charge in [-0.2, -0.15) is 0 Å². The standard InChI is InChI=1S/C22H24N4O/c1-17(20-6-7-22-24-18(2)15-26(22)16-20)5-4-11-23-21(10-14-27)19-8-12-25(3)13-9-19/h4-8,10-11,14-16H,1,9,12-13H2,2-3H3/b5-4-,21-10-,23-11-. The van der Waals surface area contributed by atoms with Gasteiger partial charge in [-0.3, -0.25) is 9.79 Å². The highest BCUT2D eigenvalue weighted by molar-refractivity contribution is 5.81. The molecule has 0 fully saturated rings. The van der Waals surface area contributed by atoms with Crippen LogP contribution in [-0.2, 0) is 4.79 Å². The molecule has 0 radical (unpaired) electrons. The number of aryl methyl sites for hydroxylation is 1. The summed E-state index contributed by atoms with van der Waals surface area (Å²) >= 11 is 0. The zero-order valence-electron chi connectivity index (χ0n) is 15.8. The molecule has 1 aliphatic rings. The first-order chi connectivity index (χ1) is 13.1. The fraction of sp³-hybridized carbons (Fsp3) is 0.227. The summed E-state index contributed by atoms with van der Waals surface area (Å²) in [4.78, 5) is 22.0. The second kappa shape index (κ2) is 8.56. The van der Waals surface area contributed by atoms with Gasteiger partial charge in [0.2, 0.25) is 0 Å². The third-order valence-electron chi connectivity index (χ3n) is 4.51. The Morgan fingerprint density at radius 3 is 2.93 bits per heavy atom. The molecule has 0 unspecified atom stereocenters. The van der Waals surface area contributed by atoms with E-state index in [2.05, 4.69) is 34.6 Å². The molecule has 0 spiro atoms. The molecular weight excluding hydrogens is 336 g/mol. The van der Waals surface area contributed by atoms with Gasteiger partial charge in [0, 0.05) is 37.8 Å². The van der Waals surface area contributed by atoms with Crippen molar-refractivity contribution in [3.63, 3.8) is 0 Å². The second-order valence-electron chi connectivity index (χ2n) is 6.66. The van der Waals surface area contributed by atoms with Gasteiger partial charge in [0.05, 0.1) is 11.4 Å². The van der Waals surface area contributed by atoms with Crippen molar-refractivity contribution in [1.82, 2.24) is 14.3 Å². The lowest BCUT2D eigenvalue weighted by atomic mass is 10.1. The minimum absolute atomic E-state index is 0.726. The van der Waals surface area contributed by atoms with Crippen molar-refractivity contribution in [3.05, 3.63) is 77.9 Å². The van der Waals surface area contributed by atoms with Crippen LogP contribution in [0.15, 0.2) is 71.7 Å².